The van der Waals surface area contributed by atoms with Gasteiger partial charge in [-0.3, -0.25) is 0 Å². The fraction of sp³-hybridized carbons (Fsp3) is 0.0222. The van der Waals surface area contributed by atoms with E-state index in [4.69, 9.17) is 0 Å². The molecule has 7 aromatic carbocycles. The Balaban J connectivity index is 1.000. The quantitative estimate of drug-likeness (QED) is 0.186. The zero-order valence-corrected chi connectivity index (χ0v) is 25.0. The molecule has 0 aliphatic heterocycles. The second-order valence-corrected chi connectivity index (χ2v) is 11.7. The van der Waals surface area contributed by atoms with Crippen molar-refractivity contribution in [3.8, 4) is 55.6 Å². The van der Waals surface area contributed by atoms with Gasteiger partial charge < -0.3 is 0 Å². The lowest BCUT2D eigenvalue weighted by atomic mass is 9.93. The van der Waals surface area contributed by atoms with Crippen LogP contribution in [0.1, 0.15) is 16.7 Å². The summed E-state index contributed by atoms with van der Waals surface area (Å²) in [5.41, 5.74) is 17.7. The fourth-order valence-corrected chi connectivity index (χ4v) is 6.45. The standard InChI is InChI=1S/C45H32/c1-3-7-32(8-4-1)34-11-15-36(16-12-34)38-19-21-40(22-20-38)43-28-27-42-29-30-44(45(42)31-43)41-25-23-39(24-26-41)37-17-13-35(14-18-37)33-9-5-2-6-10-33/h1-28,30-31H,29H2. The molecule has 0 amide bonds. The van der Waals surface area contributed by atoms with Crippen molar-refractivity contribution < 1.29 is 0 Å². The summed E-state index contributed by atoms with van der Waals surface area (Å²) in [5.74, 6) is 0. The van der Waals surface area contributed by atoms with Gasteiger partial charge in [0.15, 0.2) is 0 Å². The van der Waals surface area contributed by atoms with Crippen molar-refractivity contribution in [2.45, 2.75) is 6.42 Å². The number of benzene rings is 7. The number of allylic oxidation sites excluding steroid dienone is 1. The lowest BCUT2D eigenvalue weighted by molar-refractivity contribution is 1.31. The maximum Gasteiger partial charge on any atom is -0.00818 e. The zero-order chi connectivity index (χ0) is 30.0. The fourth-order valence-electron chi connectivity index (χ4n) is 6.45. The number of rotatable bonds is 6. The third-order valence-corrected chi connectivity index (χ3v) is 8.99. The summed E-state index contributed by atoms with van der Waals surface area (Å²) < 4.78 is 0. The van der Waals surface area contributed by atoms with E-state index in [1.54, 1.807) is 0 Å². The summed E-state index contributed by atoms with van der Waals surface area (Å²) in [7, 11) is 0. The average Bonchev–Trinajstić information content (AvgIpc) is 3.56. The molecule has 0 atom stereocenters. The smallest absolute Gasteiger partial charge is 0.00818 e. The van der Waals surface area contributed by atoms with Crippen LogP contribution in [0.3, 0.4) is 0 Å². The Morgan fingerprint density at radius 1 is 0.267 bits per heavy atom. The van der Waals surface area contributed by atoms with Gasteiger partial charge in [0.2, 0.25) is 0 Å². The molecule has 0 bridgehead atoms. The van der Waals surface area contributed by atoms with E-state index in [0.717, 1.165) is 6.42 Å². The summed E-state index contributed by atoms with van der Waals surface area (Å²) in [6.07, 6.45) is 3.35. The van der Waals surface area contributed by atoms with Crippen LogP contribution in [0.4, 0.5) is 0 Å². The van der Waals surface area contributed by atoms with E-state index in [0.29, 0.717) is 0 Å². The first-order valence-electron chi connectivity index (χ1n) is 15.6. The molecule has 0 heterocycles. The second-order valence-electron chi connectivity index (χ2n) is 11.7. The molecule has 8 rings (SSSR count). The van der Waals surface area contributed by atoms with Crippen molar-refractivity contribution in [2.24, 2.45) is 0 Å². The van der Waals surface area contributed by atoms with E-state index < -0.39 is 0 Å². The largest absolute Gasteiger partial charge is 0.0716 e. The first kappa shape index (κ1) is 26.9. The Labute approximate surface area is 265 Å². The maximum absolute atomic E-state index is 2.38. The Kier molecular flexibility index (Phi) is 7.02. The van der Waals surface area contributed by atoms with Crippen molar-refractivity contribution in [1.29, 1.82) is 0 Å². The monoisotopic (exact) mass is 572 g/mol. The van der Waals surface area contributed by atoms with E-state index in [1.165, 1.54) is 77.9 Å². The minimum Gasteiger partial charge on any atom is -0.0716 e. The van der Waals surface area contributed by atoms with E-state index in [1.807, 2.05) is 0 Å². The minimum absolute atomic E-state index is 0.978. The lowest BCUT2D eigenvalue weighted by Crippen LogP contribution is -1.90. The topological polar surface area (TPSA) is 0 Å². The second kappa shape index (κ2) is 11.8. The van der Waals surface area contributed by atoms with E-state index in [-0.39, 0.29) is 0 Å². The molecule has 1 aliphatic rings. The van der Waals surface area contributed by atoms with E-state index in [2.05, 4.69) is 182 Å². The van der Waals surface area contributed by atoms with Crippen molar-refractivity contribution in [2.75, 3.05) is 0 Å². The molecule has 0 aromatic heterocycles. The summed E-state index contributed by atoms with van der Waals surface area (Å²) in [4.78, 5) is 0. The van der Waals surface area contributed by atoms with Crippen LogP contribution in [0.5, 0.6) is 0 Å². The highest BCUT2D eigenvalue weighted by molar-refractivity contribution is 5.88. The van der Waals surface area contributed by atoms with Crippen LogP contribution >= 0.6 is 0 Å². The normalized spacial score (nSPS) is 12.0. The molecule has 0 spiro atoms. The average molecular weight is 573 g/mol. The predicted octanol–water partition coefficient (Wildman–Crippen LogP) is 12.0. The Morgan fingerprint density at radius 3 is 0.978 bits per heavy atom. The predicted molar refractivity (Wildman–Crippen MR) is 191 cm³/mol. The first-order chi connectivity index (χ1) is 22.3. The SMILES string of the molecule is C1=C(c2ccc(-c3ccc(-c4ccccc4)cc3)cc2)c2cc(-c3ccc(-c4ccc(-c5ccccc5)cc4)cc3)ccc2C1. The van der Waals surface area contributed by atoms with Crippen LogP contribution in [0.2, 0.25) is 0 Å². The number of fused-ring (bicyclic) bond motifs is 1. The zero-order valence-electron chi connectivity index (χ0n) is 25.0. The molecule has 0 saturated heterocycles. The van der Waals surface area contributed by atoms with Gasteiger partial charge in [0.05, 0.1) is 0 Å². The lowest BCUT2D eigenvalue weighted by Gasteiger charge is -2.11. The van der Waals surface area contributed by atoms with Crippen LogP contribution < -0.4 is 0 Å². The van der Waals surface area contributed by atoms with Crippen molar-refractivity contribution in [3.05, 3.63) is 199 Å². The van der Waals surface area contributed by atoms with Gasteiger partial charge in [-0.15, -0.1) is 0 Å². The summed E-state index contributed by atoms with van der Waals surface area (Å²) in [6, 6.07) is 63.7. The van der Waals surface area contributed by atoms with Crippen LogP contribution in [0.15, 0.2) is 182 Å². The Hall–Kier alpha value is -5.72. The number of hydrogen-bond donors (Lipinski definition) is 0. The molecule has 0 radical (unpaired) electrons. The summed E-state index contributed by atoms with van der Waals surface area (Å²) in [5, 5.41) is 0. The van der Waals surface area contributed by atoms with Gasteiger partial charge in [0.1, 0.15) is 0 Å². The van der Waals surface area contributed by atoms with E-state index >= 15 is 0 Å². The van der Waals surface area contributed by atoms with Crippen molar-refractivity contribution in [3.63, 3.8) is 0 Å². The van der Waals surface area contributed by atoms with Crippen molar-refractivity contribution in [1.82, 2.24) is 0 Å². The molecule has 0 heteroatoms. The van der Waals surface area contributed by atoms with Gasteiger partial charge in [0, 0.05) is 0 Å². The Morgan fingerprint density at radius 2 is 0.578 bits per heavy atom. The highest BCUT2D eigenvalue weighted by atomic mass is 14.2. The Bertz CT molecular complexity index is 2100. The van der Waals surface area contributed by atoms with Gasteiger partial charge in [-0.05, 0) is 90.4 Å². The van der Waals surface area contributed by atoms with Gasteiger partial charge in [-0.25, -0.2) is 0 Å². The number of hydrogen-bond acceptors (Lipinski definition) is 0. The third-order valence-electron chi connectivity index (χ3n) is 8.99. The van der Waals surface area contributed by atoms with Crippen molar-refractivity contribution >= 4 is 5.57 Å². The molecule has 0 fully saturated rings. The van der Waals surface area contributed by atoms with Crippen LogP contribution in [0.25, 0.3) is 61.2 Å². The minimum atomic E-state index is 0.978. The molecule has 212 valence electrons. The van der Waals surface area contributed by atoms with Crippen LogP contribution in [-0.4, -0.2) is 0 Å². The maximum atomic E-state index is 2.38. The van der Waals surface area contributed by atoms with Gasteiger partial charge >= 0.3 is 0 Å². The summed E-state index contributed by atoms with van der Waals surface area (Å²) in [6.45, 7) is 0. The van der Waals surface area contributed by atoms with Gasteiger partial charge in [-0.1, -0.05) is 176 Å². The summed E-state index contributed by atoms with van der Waals surface area (Å²) >= 11 is 0. The van der Waals surface area contributed by atoms with E-state index in [9.17, 15) is 0 Å². The van der Waals surface area contributed by atoms with Gasteiger partial charge in [-0.2, -0.15) is 0 Å². The molecule has 0 unspecified atom stereocenters. The third kappa shape index (κ3) is 5.44. The highest BCUT2D eigenvalue weighted by Gasteiger charge is 2.17. The molecule has 0 N–H and O–H groups in total. The van der Waals surface area contributed by atoms with Crippen LogP contribution in [0, 0.1) is 0 Å². The molecule has 45 heavy (non-hydrogen) atoms. The molecular formula is C45H32. The van der Waals surface area contributed by atoms with Crippen LogP contribution in [-0.2, 0) is 6.42 Å². The molecule has 1 aliphatic carbocycles. The van der Waals surface area contributed by atoms with Gasteiger partial charge in [0.25, 0.3) is 0 Å². The molecular weight excluding hydrogens is 540 g/mol. The molecule has 7 aromatic rings. The highest BCUT2D eigenvalue weighted by Crippen LogP contribution is 2.37. The molecule has 0 saturated carbocycles. The first-order valence-corrected chi connectivity index (χ1v) is 15.6. The molecule has 0 nitrogen and oxygen atoms in total.